The fourth-order valence-electron chi connectivity index (χ4n) is 0.941. The lowest BCUT2D eigenvalue weighted by atomic mass is 10.1. The van der Waals surface area contributed by atoms with Gasteiger partial charge >= 0.3 is 0 Å². The maximum atomic E-state index is 8.03. The zero-order valence-corrected chi connectivity index (χ0v) is 9.03. The van der Waals surface area contributed by atoms with Gasteiger partial charge in [-0.15, -0.1) is 0 Å². The Morgan fingerprint density at radius 1 is 1.50 bits per heavy atom. The van der Waals surface area contributed by atoms with Crippen molar-refractivity contribution < 1.29 is 0 Å². The molecule has 3 nitrogen and oxygen atoms in total. The second kappa shape index (κ2) is 6.09. The van der Waals surface area contributed by atoms with Crippen LogP contribution in [0.25, 0.3) is 10.4 Å². The van der Waals surface area contributed by atoms with Crippen molar-refractivity contribution in [1.29, 1.82) is 0 Å². The maximum absolute atomic E-state index is 8.03. The van der Waals surface area contributed by atoms with Gasteiger partial charge in [-0.1, -0.05) is 45.0 Å². The molecule has 0 spiro atoms. The van der Waals surface area contributed by atoms with Gasteiger partial charge in [-0.25, -0.2) is 0 Å². The molecule has 1 aromatic carbocycles. The van der Waals surface area contributed by atoms with Crippen LogP contribution in [0.4, 0.5) is 0 Å². The zero-order chi connectivity index (χ0) is 10.2. The Balaban J connectivity index is 2.73. The van der Waals surface area contributed by atoms with Gasteiger partial charge in [-0.3, -0.25) is 0 Å². The van der Waals surface area contributed by atoms with Crippen molar-refractivity contribution in [3.63, 3.8) is 0 Å². The van der Waals surface area contributed by atoms with Gasteiger partial charge in [0.15, 0.2) is 0 Å². The van der Waals surface area contributed by atoms with E-state index in [1.165, 1.54) is 5.56 Å². The van der Waals surface area contributed by atoms with Gasteiger partial charge in [0.2, 0.25) is 0 Å². The highest BCUT2D eigenvalue weighted by atomic mass is 79.9. The zero-order valence-electron chi connectivity index (χ0n) is 7.44. The Morgan fingerprint density at radius 2 is 2.36 bits per heavy atom. The summed E-state index contributed by atoms with van der Waals surface area (Å²) < 4.78 is 0. The van der Waals surface area contributed by atoms with E-state index in [1.807, 2.05) is 24.3 Å². The number of rotatable bonds is 2. The molecule has 0 radical (unpaired) electrons. The number of hydrogen-bond donors (Lipinski definition) is 0. The van der Waals surface area contributed by atoms with Crippen molar-refractivity contribution in [1.82, 2.24) is 0 Å². The van der Waals surface area contributed by atoms with Crippen LogP contribution >= 0.6 is 15.9 Å². The topological polar surface area (TPSA) is 48.8 Å². The van der Waals surface area contributed by atoms with Crippen LogP contribution in [0, 0.1) is 11.8 Å². The number of azide groups is 1. The van der Waals surface area contributed by atoms with Crippen LogP contribution < -0.4 is 0 Å². The molecule has 0 saturated carbocycles. The summed E-state index contributed by atoms with van der Waals surface area (Å²) in [5, 5.41) is 4.15. The molecule has 1 rings (SSSR count). The third kappa shape index (κ3) is 3.53. The highest BCUT2D eigenvalue weighted by molar-refractivity contribution is 9.08. The second-order valence-corrected chi connectivity index (χ2v) is 3.09. The number of benzene rings is 1. The Hall–Kier alpha value is -1.43. The molecule has 0 aliphatic carbocycles. The van der Waals surface area contributed by atoms with Crippen molar-refractivity contribution in [2.24, 2.45) is 5.11 Å². The smallest absolute Gasteiger partial charge is 0.0880 e. The lowest BCUT2D eigenvalue weighted by Crippen LogP contribution is -1.80. The average Bonchev–Trinajstić information content (AvgIpc) is 2.25. The summed E-state index contributed by atoms with van der Waals surface area (Å²) in [6, 6.07) is 7.90. The maximum Gasteiger partial charge on any atom is 0.0880 e. The van der Waals surface area contributed by atoms with E-state index in [-0.39, 0.29) is 6.54 Å². The van der Waals surface area contributed by atoms with Gasteiger partial charge in [0.05, 0.1) is 6.54 Å². The minimum absolute atomic E-state index is 0.217. The van der Waals surface area contributed by atoms with Gasteiger partial charge in [0.1, 0.15) is 0 Å². The molecule has 0 saturated heterocycles. The van der Waals surface area contributed by atoms with Crippen molar-refractivity contribution in [2.75, 3.05) is 6.54 Å². The quantitative estimate of drug-likeness (QED) is 0.254. The minimum atomic E-state index is 0.217. The first-order valence-corrected chi connectivity index (χ1v) is 5.13. The molecule has 0 bridgehead atoms. The molecule has 0 fully saturated rings. The van der Waals surface area contributed by atoms with E-state index in [0.717, 1.165) is 10.9 Å². The van der Waals surface area contributed by atoms with Crippen LogP contribution in [0.15, 0.2) is 29.4 Å². The average molecular weight is 250 g/mol. The molecule has 0 atom stereocenters. The Bertz CT molecular complexity index is 411. The van der Waals surface area contributed by atoms with E-state index < -0.39 is 0 Å². The summed E-state index contributed by atoms with van der Waals surface area (Å²) >= 11 is 3.37. The summed E-state index contributed by atoms with van der Waals surface area (Å²) in [4.78, 5) is 2.62. The third-order valence-corrected chi connectivity index (χ3v) is 2.17. The third-order valence-electron chi connectivity index (χ3n) is 1.53. The van der Waals surface area contributed by atoms with Crippen LogP contribution in [0.3, 0.4) is 0 Å². The normalized spacial score (nSPS) is 8.36. The van der Waals surface area contributed by atoms with Crippen molar-refractivity contribution >= 4 is 15.9 Å². The van der Waals surface area contributed by atoms with Gasteiger partial charge in [-0.05, 0) is 23.2 Å². The number of nitrogens with zero attached hydrogens (tertiary/aromatic N) is 3. The second-order valence-electron chi connectivity index (χ2n) is 2.52. The van der Waals surface area contributed by atoms with Crippen molar-refractivity contribution in [2.45, 2.75) is 5.33 Å². The van der Waals surface area contributed by atoms with Crippen LogP contribution in [0.2, 0.25) is 0 Å². The summed E-state index contributed by atoms with van der Waals surface area (Å²) in [5.74, 6) is 5.69. The summed E-state index contributed by atoms with van der Waals surface area (Å²) in [5.41, 5.74) is 10.2. The van der Waals surface area contributed by atoms with E-state index in [9.17, 15) is 0 Å². The van der Waals surface area contributed by atoms with Crippen molar-refractivity contribution in [3.05, 3.63) is 45.8 Å². The minimum Gasteiger partial charge on any atom is -0.0919 e. The standard InChI is InChI=1S/C10H8BrN3/c11-8-10-4-1-3-9(7-10)5-2-6-13-14-12/h1,3-4,7H,6,8H2. The first kappa shape index (κ1) is 10.6. The first-order valence-electron chi connectivity index (χ1n) is 4.01. The molecule has 0 aliphatic heterocycles. The SMILES string of the molecule is [N-]=[N+]=NCC#Cc1cccc(CBr)c1. The molecule has 0 unspecified atom stereocenters. The number of halogens is 1. The first-order chi connectivity index (χ1) is 6.86. The molecule has 70 valence electrons. The van der Waals surface area contributed by atoms with Crippen molar-refractivity contribution in [3.8, 4) is 11.8 Å². The molecule has 0 aliphatic rings. The predicted octanol–water partition coefficient (Wildman–Crippen LogP) is 3.24. The lowest BCUT2D eigenvalue weighted by Gasteiger charge is -1.94. The van der Waals surface area contributed by atoms with Crippen LogP contribution in [0.1, 0.15) is 11.1 Å². The highest BCUT2D eigenvalue weighted by Crippen LogP contribution is 2.07. The van der Waals surface area contributed by atoms with Gasteiger partial charge in [0, 0.05) is 15.8 Å². The molecule has 14 heavy (non-hydrogen) atoms. The fourth-order valence-corrected chi connectivity index (χ4v) is 1.29. The summed E-state index contributed by atoms with van der Waals surface area (Å²) in [6.07, 6.45) is 0. The van der Waals surface area contributed by atoms with Crippen LogP contribution in [-0.4, -0.2) is 6.54 Å². The molecule has 0 amide bonds. The Labute approximate surface area is 90.9 Å². The lowest BCUT2D eigenvalue weighted by molar-refractivity contribution is 1.25. The Morgan fingerprint density at radius 3 is 3.07 bits per heavy atom. The predicted molar refractivity (Wildman–Crippen MR) is 60.0 cm³/mol. The highest BCUT2D eigenvalue weighted by Gasteiger charge is 1.89. The van der Waals surface area contributed by atoms with E-state index in [4.69, 9.17) is 5.53 Å². The van der Waals surface area contributed by atoms with Gasteiger partial charge in [0.25, 0.3) is 0 Å². The monoisotopic (exact) mass is 249 g/mol. The molecule has 0 aromatic heterocycles. The van der Waals surface area contributed by atoms with Crippen LogP contribution in [-0.2, 0) is 5.33 Å². The molecule has 0 N–H and O–H groups in total. The summed E-state index contributed by atoms with van der Waals surface area (Å²) in [6.45, 7) is 0.217. The van der Waals surface area contributed by atoms with E-state index in [2.05, 4.69) is 37.8 Å². The fraction of sp³-hybridized carbons (Fsp3) is 0.200. The van der Waals surface area contributed by atoms with Gasteiger partial charge in [-0.2, -0.15) is 0 Å². The number of alkyl halides is 1. The summed E-state index contributed by atoms with van der Waals surface area (Å²) in [7, 11) is 0. The largest absolute Gasteiger partial charge is 0.0919 e. The van der Waals surface area contributed by atoms with E-state index in [1.54, 1.807) is 0 Å². The number of hydrogen-bond acceptors (Lipinski definition) is 1. The van der Waals surface area contributed by atoms with E-state index in [0.29, 0.717) is 0 Å². The van der Waals surface area contributed by atoms with Crippen LogP contribution in [0.5, 0.6) is 0 Å². The van der Waals surface area contributed by atoms with Gasteiger partial charge < -0.3 is 0 Å². The molecule has 4 heteroatoms. The molecular formula is C10H8BrN3. The Kier molecular flexibility index (Phi) is 4.63. The molecule has 1 aromatic rings. The molecular weight excluding hydrogens is 242 g/mol. The van der Waals surface area contributed by atoms with E-state index >= 15 is 0 Å². The molecule has 0 heterocycles.